The van der Waals surface area contributed by atoms with E-state index < -0.39 is 0 Å². The molecule has 0 aliphatic heterocycles. The fourth-order valence-electron chi connectivity index (χ4n) is 8.76. The maximum atomic E-state index is 10.7. The summed E-state index contributed by atoms with van der Waals surface area (Å²) < 4.78 is 0. The molecule has 0 aromatic rings. The summed E-state index contributed by atoms with van der Waals surface area (Å²) in [6, 6.07) is 0. The topological polar surface area (TPSA) is 40.5 Å². The summed E-state index contributed by atoms with van der Waals surface area (Å²) in [6.45, 7) is 14.7. The van der Waals surface area contributed by atoms with Crippen LogP contribution in [0.4, 0.5) is 0 Å². The first kappa shape index (κ1) is 23.6. The van der Waals surface area contributed by atoms with Crippen molar-refractivity contribution in [3.63, 3.8) is 0 Å². The van der Waals surface area contributed by atoms with Gasteiger partial charge in [-0.1, -0.05) is 77.7 Å². The maximum Gasteiger partial charge on any atom is 0.0628 e. The van der Waals surface area contributed by atoms with E-state index in [0.717, 1.165) is 37.0 Å². The first-order valence-electron chi connectivity index (χ1n) is 13.3. The highest BCUT2D eigenvalue weighted by Crippen LogP contribution is 2.67. The minimum atomic E-state index is -0.208. The lowest BCUT2D eigenvalue weighted by molar-refractivity contribution is -0.0173. The molecule has 0 spiro atoms. The lowest BCUT2D eigenvalue weighted by atomic mass is 9.46. The van der Waals surface area contributed by atoms with E-state index in [1.165, 1.54) is 44.1 Å². The summed E-state index contributed by atoms with van der Waals surface area (Å²) in [7, 11) is 0. The second-order valence-electron chi connectivity index (χ2n) is 13.0. The zero-order chi connectivity index (χ0) is 22.6. The van der Waals surface area contributed by atoms with Gasteiger partial charge in [-0.25, -0.2) is 0 Å². The minimum Gasteiger partial charge on any atom is -0.396 e. The van der Waals surface area contributed by atoms with E-state index >= 15 is 0 Å². The van der Waals surface area contributed by atoms with Gasteiger partial charge in [0.1, 0.15) is 0 Å². The van der Waals surface area contributed by atoms with Crippen LogP contribution in [0.5, 0.6) is 0 Å². The SMILES string of the molecule is C[C@@H](CO)CCC[C@@H](C)[C@H]1CC[C@H]2C3=CC=C4C(C)(C)[C@@H](O)CC[C@]4(C)[C@H]3CC[C@]12C. The summed E-state index contributed by atoms with van der Waals surface area (Å²) in [5.74, 6) is 3.50. The summed E-state index contributed by atoms with van der Waals surface area (Å²) in [4.78, 5) is 0. The van der Waals surface area contributed by atoms with Gasteiger partial charge >= 0.3 is 0 Å². The van der Waals surface area contributed by atoms with E-state index in [0.29, 0.717) is 23.9 Å². The van der Waals surface area contributed by atoms with Gasteiger partial charge in [0.05, 0.1) is 6.10 Å². The lowest BCUT2D eigenvalue weighted by Crippen LogP contribution is -2.51. The highest BCUT2D eigenvalue weighted by Gasteiger charge is 2.59. The third-order valence-corrected chi connectivity index (χ3v) is 10.8. The molecule has 0 aromatic heterocycles. The molecule has 2 nitrogen and oxygen atoms in total. The lowest BCUT2D eigenvalue weighted by Gasteiger charge is -2.58. The van der Waals surface area contributed by atoms with Gasteiger partial charge in [-0.2, -0.15) is 0 Å². The van der Waals surface area contributed by atoms with E-state index in [1.807, 2.05) is 0 Å². The highest BCUT2D eigenvalue weighted by molar-refractivity contribution is 5.41. The number of hydrogen-bond donors (Lipinski definition) is 2. The van der Waals surface area contributed by atoms with Gasteiger partial charge in [0, 0.05) is 12.0 Å². The Labute approximate surface area is 191 Å². The van der Waals surface area contributed by atoms with Gasteiger partial charge in [0.25, 0.3) is 0 Å². The van der Waals surface area contributed by atoms with Crippen molar-refractivity contribution in [3.05, 3.63) is 23.3 Å². The Morgan fingerprint density at radius 2 is 1.68 bits per heavy atom. The molecule has 176 valence electrons. The zero-order valence-electron chi connectivity index (χ0n) is 21.1. The summed E-state index contributed by atoms with van der Waals surface area (Å²) in [6.07, 6.45) is 16.0. The molecule has 4 aliphatic rings. The first-order valence-corrected chi connectivity index (χ1v) is 13.3. The van der Waals surface area contributed by atoms with Crippen LogP contribution in [0.3, 0.4) is 0 Å². The first-order chi connectivity index (χ1) is 14.6. The van der Waals surface area contributed by atoms with Gasteiger partial charge in [0.15, 0.2) is 0 Å². The second kappa shape index (κ2) is 8.32. The van der Waals surface area contributed by atoms with Gasteiger partial charge in [-0.3, -0.25) is 0 Å². The molecule has 0 radical (unpaired) electrons. The van der Waals surface area contributed by atoms with Crippen LogP contribution >= 0.6 is 0 Å². The molecule has 0 unspecified atom stereocenters. The maximum absolute atomic E-state index is 10.7. The van der Waals surface area contributed by atoms with Crippen molar-refractivity contribution in [2.45, 2.75) is 105 Å². The number of hydrogen-bond acceptors (Lipinski definition) is 2. The monoisotopic (exact) mass is 428 g/mol. The van der Waals surface area contributed by atoms with Crippen molar-refractivity contribution >= 4 is 0 Å². The molecule has 0 heterocycles. The molecule has 8 atom stereocenters. The van der Waals surface area contributed by atoms with Gasteiger partial charge in [0.2, 0.25) is 0 Å². The smallest absolute Gasteiger partial charge is 0.0628 e. The molecular weight excluding hydrogens is 380 g/mol. The van der Waals surface area contributed by atoms with Gasteiger partial charge in [-0.05, 0) is 85.4 Å². The summed E-state index contributed by atoms with van der Waals surface area (Å²) >= 11 is 0. The minimum absolute atomic E-state index is 0.103. The Morgan fingerprint density at radius 3 is 2.39 bits per heavy atom. The van der Waals surface area contributed by atoms with E-state index in [2.05, 4.69) is 53.7 Å². The van der Waals surface area contributed by atoms with E-state index in [4.69, 9.17) is 0 Å². The van der Waals surface area contributed by atoms with Crippen LogP contribution in [0, 0.1) is 45.8 Å². The number of rotatable bonds is 6. The predicted octanol–water partition coefficient (Wildman–Crippen LogP) is 6.92. The van der Waals surface area contributed by atoms with Gasteiger partial charge < -0.3 is 10.2 Å². The Bertz CT molecular complexity index is 733. The third kappa shape index (κ3) is 3.68. The van der Waals surface area contributed by atoms with Crippen molar-refractivity contribution in [3.8, 4) is 0 Å². The molecule has 0 saturated heterocycles. The highest BCUT2D eigenvalue weighted by atomic mass is 16.3. The van der Waals surface area contributed by atoms with Crippen LogP contribution in [0.25, 0.3) is 0 Å². The van der Waals surface area contributed by atoms with Crippen LogP contribution in [0.1, 0.15) is 99.3 Å². The van der Waals surface area contributed by atoms with Crippen LogP contribution in [-0.2, 0) is 0 Å². The zero-order valence-corrected chi connectivity index (χ0v) is 21.1. The third-order valence-electron chi connectivity index (χ3n) is 10.8. The van der Waals surface area contributed by atoms with Crippen LogP contribution in [-0.4, -0.2) is 22.9 Å². The average Bonchev–Trinajstić information content (AvgIpc) is 3.08. The number of fused-ring (bicyclic) bond motifs is 5. The molecule has 3 saturated carbocycles. The number of aliphatic hydroxyl groups excluding tert-OH is 2. The number of allylic oxidation sites excluding steroid dienone is 3. The van der Waals surface area contributed by atoms with Crippen molar-refractivity contribution in [1.29, 1.82) is 0 Å². The average molecular weight is 429 g/mol. The Morgan fingerprint density at radius 1 is 0.935 bits per heavy atom. The van der Waals surface area contributed by atoms with E-state index in [1.54, 1.807) is 5.57 Å². The molecule has 2 N–H and O–H groups in total. The van der Waals surface area contributed by atoms with Crippen molar-refractivity contribution in [2.75, 3.05) is 6.61 Å². The Hall–Kier alpha value is -0.600. The summed E-state index contributed by atoms with van der Waals surface area (Å²) in [5, 5.41) is 20.1. The fourth-order valence-corrected chi connectivity index (χ4v) is 8.76. The van der Waals surface area contributed by atoms with Crippen LogP contribution in [0.2, 0.25) is 0 Å². The largest absolute Gasteiger partial charge is 0.396 e. The Kier molecular flexibility index (Phi) is 6.32. The van der Waals surface area contributed by atoms with Crippen molar-refractivity contribution < 1.29 is 10.2 Å². The summed E-state index contributed by atoms with van der Waals surface area (Å²) in [5.41, 5.74) is 3.86. The van der Waals surface area contributed by atoms with Crippen LogP contribution in [0.15, 0.2) is 23.3 Å². The number of aliphatic hydroxyl groups is 2. The quantitative estimate of drug-likeness (QED) is 0.482. The Balaban J connectivity index is 1.55. The van der Waals surface area contributed by atoms with Gasteiger partial charge in [-0.15, -0.1) is 0 Å². The fraction of sp³-hybridized carbons (Fsp3) is 0.862. The molecule has 4 aliphatic carbocycles. The predicted molar refractivity (Wildman–Crippen MR) is 130 cm³/mol. The van der Waals surface area contributed by atoms with E-state index in [9.17, 15) is 10.2 Å². The molecule has 0 amide bonds. The van der Waals surface area contributed by atoms with E-state index in [-0.39, 0.29) is 16.9 Å². The normalized spacial score (nSPS) is 43.2. The molecule has 3 fully saturated rings. The van der Waals surface area contributed by atoms with Crippen molar-refractivity contribution in [2.24, 2.45) is 45.8 Å². The molecule has 0 bridgehead atoms. The molecule has 2 heteroatoms. The molecule has 31 heavy (non-hydrogen) atoms. The molecule has 0 aromatic carbocycles. The standard InChI is InChI=1S/C29H48O2/c1-19(18-30)8-7-9-20(2)22-11-12-23-21-10-13-25-27(3,4)26(31)15-17-29(25,6)24(21)14-16-28(22,23)5/h10,13,19-20,22-24,26,30-31H,7-9,11-12,14-18H2,1-6H3/t19-,20-,22-,23+,24+,26+,28-,29-/m1/s1. The van der Waals surface area contributed by atoms with Crippen molar-refractivity contribution in [1.82, 2.24) is 0 Å². The second-order valence-corrected chi connectivity index (χ2v) is 13.0. The van der Waals surface area contributed by atoms with Crippen LogP contribution < -0.4 is 0 Å². The molecular formula is C29H48O2. The molecule has 4 rings (SSSR count).